The molecule has 0 atom stereocenters. The van der Waals surface area contributed by atoms with E-state index >= 15 is 0 Å². The van der Waals surface area contributed by atoms with Gasteiger partial charge < -0.3 is 14.7 Å². The molecule has 230 valence electrons. The van der Waals surface area contributed by atoms with Gasteiger partial charge in [0.25, 0.3) is 5.91 Å². The van der Waals surface area contributed by atoms with Gasteiger partial charge in [-0.05, 0) is 55.5 Å². The SMILES string of the molecule is COc1cc(Cl)c(C(=O)CN(Cc2cc(F)cc(F)c2)C(=O)c2cnn([C@H]3CC[C@H](C(=O)O)CC3)c2C(F)(F)F)c(Cl)c1. The van der Waals surface area contributed by atoms with Gasteiger partial charge in [-0.1, -0.05) is 23.2 Å². The van der Waals surface area contributed by atoms with E-state index in [1.807, 2.05) is 0 Å². The van der Waals surface area contributed by atoms with E-state index in [1.165, 1.54) is 19.2 Å². The van der Waals surface area contributed by atoms with Crippen LogP contribution in [-0.4, -0.2) is 51.1 Å². The van der Waals surface area contributed by atoms with Gasteiger partial charge in [-0.3, -0.25) is 19.1 Å². The van der Waals surface area contributed by atoms with Crippen molar-refractivity contribution in [2.24, 2.45) is 5.92 Å². The number of carbonyl (C=O) groups excluding carboxylic acids is 2. The number of hydrogen-bond donors (Lipinski definition) is 1. The third-order valence-electron chi connectivity index (χ3n) is 7.13. The molecule has 0 saturated heterocycles. The average Bonchev–Trinajstić information content (AvgIpc) is 3.37. The minimum absolute atomic E-state index is 0.0780. The predicted molar refractivity (Wildman–Crippen MR) is 144 cm³/mol. The molecule has 1 heterocycles. The van der Waals surface area contributed by atoms with Gasteiger partial charge in [0.05, 0.1) is 53.0 Å². The van der Waals surface area contributed by atoms with E-state index in [-0.39, 0.29) is 52.6 Å². The monoisotopic (exact) mass is 647 g/mol. The molecule has 1 amide bonds. The zero-order chi connectivity index (χ0) is 31.6. The van der Waals surface area contributed by atoms with Crippen LogP contribution in [0.5, 0.6) is 5.75 Å². The molecule has 0 radical (unpaired) electrons. The third-order valence-corrected chi connectivity index (χ3v) is 7.73. The molecule has 1 saturated carbocycles. The first kappa shape index (κ1) is 32.2. The summed E-state index contributed by atoms with van der Waals surface area (Å²) in [7, 11) is 1.33. The van der Waals surface area contributed by atoms with Gasteiger partial charge in [0, 0.05) is 12.6 Å². The lowest BCUT2D eigenvalue weighted by Crippen LogP contribution is -2.37. The highest BCUT2D eigenvalue weighted by Gasteiger charge is 2.43. The maximum Gasteiger partial charge on any atom is 0.433 e. The number of amides is 1. The maximum absolute atomic E-state index is 14.4. The van der Waals surface area contributed by atoms with Gasteiger partial charge in [0.2, 0.25) is 0 Å². The number of rotatable bonds is 9. The Balaban J connectivity index is 1.73. The maximum atomic E-state index is 14.4. The number of carbonyl (C=O) groups is 3. The lowest BCUT2D eigenvalue weighted by Gasteiger charge is -2.28. The number of aromatic nitrogens is 2. The van der Waals surface area contributed by atoms with E-state index < -0.39 is 71.8 Å². The van der Waals surface area contributed by atoms with Gasteiger partial charge in [-0.25, -0.2) is 8.78 Å². The summed E-state index contributed by atoms with van der Waals surface area (Å²) in [6.07, 6.45) is -3.96. The van der Waals surface area contributed by atoms with Crippen molar-refractivity contribution in [3.8, 4) is 5.75 Å². The number of nitrogens with zero attached hydrogens (tertiary/aromatic N) is 3. The first-order valence-electron chi connectivity index (χ1n) is 12.9. The van der Waals surface area contributed by atoms with Crippen molar-refractivity contribution in [3.05, 3.63) is 80.6 Å². The number of Topliss-reactive ketones (excluding diaryl/α,β-unsaturated/α-hetero) is 1. The first-order chi connectivity index (χ1) is 20.2. The van der Waals surface area contributed by atoms with Crippen molar-refractivity contribution in [2.75, 3.05) is 13.7 Å². The molecule has 0 unspecified atom stereocenters. The summed E-state index contributed by atoms with van der Waals surface area (Å²) >= 11 is 12.4. The van der Waals surface area contributed by atoms with Crippen LogP contribution >= 0.6 is 23.2 Å². The molecular weight excluding hydrogens is 624 g/mol. The van der Waals surface area contributed by atoms with Crippen LogP contribution in [0.4, 0.5) is 22.0 Å². The number of halogens is 7. The van der Waals surface area contributed by atoms with Crippen molar-refractivity contribution in [1.29, 1.82) is 0 Å². The molecule has 1 aromatic heterocycles. The van der Waals surface area contributed by atoms with Crippen LogP contribution in [0.25, 0.3) is 0 Å². The quantitative estimate of drug-likeness (QED) is 0.202. The molecule has 2 aromatic carbocycles. The van der Waals surface area contributed by atoms with Crippen molar-refractivity contribution in [3.63, 3.8) is 0 Å². The van der Waals surface area contributed by atoms with E-state index in [0.29, 0.717) is 21.8 Å². The molecule has 1 aliphatic rings. The fraction of sp³-hybridized carbons (Fsp3) is 0.357. The molecule has 43 heavy (non-hydrogen) atoms. The Morgan fingerprint density at radius 2 is 1.60 bits per heavy atom. The van der Waals surface area contributed by atoms with Crippen LogP contribution in [0.15, 0.2) is 36.5 Å². The highest BCUT2D eigenvalue weighted by atomic mass is 35.5. The highest BCUT2D eigenvalue weighted by molar-refractivity contribution is 6.40. The van der Waals surface area contributed by atoms with Crippen molar-refractivity contribution in [2.45, 2.75) is 44.4 Å². The lowest BCUT2D eigenvalue weighted by atomic mass is 9.86. The summed E-state index contributed by atoms with van der Waals surface area (Å²) in [6, 6.07) is 4.03. The Labute approximate surface area is 251 Å². The summed E-state index contributed by atoms with van der Waals surface area (Å²) in [5.41, 5.74) is -2.67. The standard InChI is InChI=1S/C28H24Cl2F5N3O5/c1-43-19-9-21(29)24(22(30)10-19)23(39)13-37(12-14-6-16(31)8-17(32)7-14)26(40)20-11-36-38(25(20)28(33,34)35)18-4-2-15(3-5-18)27(41)42/h6-11,15,18H,2-5,12-13H2,1H3,(H,41,42)/t15-,18-. The van der Waals surface area contributed by atoms with Crippen molar-refractivity contribution >= 4 is 40.9 Å². The second-order valence-corrected chi connectivity index (χ2v) is 10.8. The summed E-state index contributed by atoms with van der Waals surface area (Å²) in [6.45, 7) is -1.52. The summed E-state index contributed by atoms with van der Waals surface area (Å²) in [4.78, 5) is 39.0. The predicted octanol–water partition coefficient (Wildman–Crippen LogP) is 6.84. The zero-order valence-electron chi connectivity index (χ0n) is 22.4. The number of hydrogen-bond acceptors (Lipinski definition) is 5. The van der Waals surface area contributed by atoms with Gasteiger partial charge in [-0.15, -0.1) is 0 Å². The van der Waals surface area contributed by atoms with Crippen LogP contribution in [0.2, 0.25) is 10.0 Å². The van der Waals surface area contributed by atoms with Gasteiger partial charge in [0.15, 0.2) is 11.5 Å². The Kier molecular flexibility index (Phi) is 9.65. The van der Waals surface area contributed by atoms with E-state index in [2.05, 4.69) is 5.10 Å². The molecule has 4 rings (SSSR count). The summed E-state index contributed by atoms with van der Waals surface area (Å²) in [5, 5.41) is 12.8. The molecule has 0 bridgehead atoms. The average molecular weight is 648 g/mol. The number of ketones is 1. The zero-order valence-corrected chi connectivity index (χ0v) is 23.9. The molecule has 3 aromatic rings. The van der Waals surface area contributed by atoms with E-state index in [4.69, 9.17) is 27.9 Å². The van der Waals surface area contributed by atoms with Crippen LogP contribution < -0.4 is 4.74 Å². The minimum atomic E-state index is -5.08. The Morgan fingerprint density at radius 1 is 1.02 bits per heavy atom. The van der Waals surface area contributed by atoms with E-state index in [9.17, 15) is 41.4 Å². The number of methoxy groups -OCH3 is 1. The second-order valence-electron chi connectivity index (χ2n) is 10.0. The second kappa shape index (κ2) is 12.9. The topological polar surface area (TPSA) is 102 Å². The normalized spacial score (nSPS) is 17.0. The molecule has 1 aliphatic carbocycles. The Bertz CT molecular complexity index is 1510. The molecule has 0 aliphatic heterocycles. The van der Waals surface area contributed by atoms with Crippen LogP contribution in [0.1, 0.15) is 63.7 Å². The minimum Gasteiger partial charge on any atom is -0.497 e. The highest BCUT2D eigenvalue weighted by Crippen LogP contribution is 2.39. The largest absolute Gasteiger partial charge is 0.497 e. The van der Waals surface area contributed by atoms with Crippen LogP contribution in [0, 0.1) is 17.6 Å². The molecule has 1 N–H and O–H groups in total. The van der Waals surface area contributed by atoms with E-state index in [0.717, 1.165) is 12.1 Å². The smallest absolute Gasteiger partial charge is 0.433 e. The molecule has 1 fully saturated rings. The first-order valence-corrected chi connectivity index (χ1v) is 13.6. The van der Waals surface area contributed by atoms with Crippen LogP contribution in [0.3, 0.4) is 0 Å². The molecule has 8 nitrogen and oxygen atoms in total. The number of carboxylic acids is 1. The Morgan fingerprint density at radius 3 is 2.12 bits per heavy atom. The fourth-order valence-electron chi connectivity index (χ4n) is 5.12. The molecule has 0 spiro atoms. The van der Waals surface area contributed by atoms with Gasteiger partial charge >= 0.3 is 12.1 Å². The molecule has 15 heteroatoms. The fourth-order valence-corrected chi connectivity index (χ4v) is 5.80. The summed E-state index contributed by atoms with van der Waals surface area (Å²) < 4.78 is 76.9. The number of ether oxygens (including phenoxy) is 1. The molecular formula is C28H24Cl2F5N3O5. The van der Waals surface area contributed by atoms with E-state index in [1.54, 1.807) is 0 Å². The van der Waals surface area contributed by atoms with Gasteiger partial charge in [0.1, 0.15) is 17.4 Å². The number of benzene rings is 2. The number of carboxylic acid groups (broad SMARTS) is 1. The van der Waals surface area contributed by atoms with Crippen LogP contribution in [-0.2, 0) is 17.5 Å². The number of aliphatic carboxylic acids is 1. The van der Waals surface area contributed by atoms with Crippen molar-refractivity contribution in [1.82, 2.24) is 14.7 Å². The third kappa shape index (κ3) is 7.27. The lowest BCUT2D eigenvalue weighted by molar-refractivity contribution is -0.147. The van der Waals surface area contributed by atoms with Gasteiger partial charge in [-0.2, -0.15) is 18.3 Å². The number of alkyl halides is 3. The Hall–Kier alpha value is -3.71. The summed E-state index contributed by atoms with van der Waals surface area (Å²) in [5.74, 6) is -5.70. The van der Waals surface area contributed by atoms with Crippen molar-refractivity contribution < 1.29 is 46.2 Å².